The Hall–Kier alpha value is -2.66. The van der Waals surface area contributed by atoms with Crippen molar-refractivity contribution in [2.75, 3.05) is 20.3 Å². The van der Waals surface area contributed by atoms with Crippen LogP contribution in [0.4, 0.5) is 0 Å². The SMILES string of the molecule is COc1cc(C=CC(=O)O)cc(Cl)c1OCCOc1cc(C)ccc1C. The molecule has 138 valence electrons. The molecule has 0 unspecified atom stereocenters. The maximum Gasteiger partial charge on any atom is 0.328 e. The maximum atomic E-state index is 10.6. The number of benzene rings is 2. The van der Waals surface area contributed by atoms with E-state index in [1.807, 2.05) is 32.0 Å². The van der Waals surface area contributed by atoms with Crippen LogP contribution < -0.4 is 14.2 Å². The van der Waals surface area contributed by atoms with E-state index in [1.165, 1.54) is 13.2 Å². The van der Waals surface area contributed by atoms with Gasteiger partial charge in [0.2, 0.25) is 0 Å². The van der Waals surface area contributed by atoms with Crippen LogP contribution in [0.1, 0.15) is 16.7 Å². The van der Waals surface area contributed by atoms with Gasteiger partial charge in [-0.15, -0.1) is 0 Å². The quantitative estimate of drug-likeness (QED) is 0.542. The number of ether oxygens (including phenoxy) is 3. The number of hydrogen-bond donors (Lipinski definition) is 1. The molecule has 2 rings (SSSR count). The fourth-order valence-corrected chi connectivity index (χ4v) is 2.58. The number of carboxylic acid groups (broad SMARTS) is 1. The van der Waals surface area contributed by atoms with Crippen molar-refractivity contribution in [3.05, 3.63) is 58.1 Å². The first kappa shape index (κ1) is 19.7. The van der Waals surface area contributed by atoms with E-state index in [-0.39, 0.29) is 6.61 Å². The van der Waals surface area contributed by atoms with Crippen LogP contribution in [0, 0.1) is 13.8 Å². The molecule has 0 heterocycles. The van der Waals surface area contributed by atoms with E-state index in [9.17, 15) is 4.79 Å². The van der Waals surface area contributed by atoms with Gasteiger partial charge >= 0.3 is 5.97 Å². The van der Waals surface area contributed by atoms with Crippen molar-refractivity contribution < 1.29 is 24.1 Å². The van der Waals surface area contributed by atoms with Gasteiger partial charge in [-0.3, -0.25) is 0 Å². The lowest BCUT2D eigenvalue weighted by Gasteiger charge is -2.14. The highest BCUT2D eigenvalue weighted by molar-refractivity contribution is 6.32. The van der Waals surface area contributed by atoms with Crippen LogP contribution in [-0.4, -0.2) is 31.4 Å². The second-order valence-electron chi connectivity index (χ2n) is 5.67. The van der Waals surface area contributed by atoms with Gasteiger partial charge in [0.05, 0.1) is 12.1 Å². The Labute approximate surface area is 157 Å². The Balaban J connectivity index is 2.02. The Bertz CT molecular complexity index is 814. The van der Waals surface area contributed by atoms with Crippen LogP contribution in [0.25, 0.3) is 6.08 Å². The lowest BCUT2D eigenvalue weighted by molar-refractivity contribution is -0.131. The summed E-state index contributed by atoms with van der Waals surface area (Å²) in [6.07, 6.45) is 2.47. The van der Waals surface area contributed by atoms with E-state index in [0.29, 0.717) is 28.7 Å². The molecular formula is C20H21ClO5. The zero-order chi connectivity index (χ0) is 19.1. The van der Waals surface area contributed by atoms with Crippen molar-refractivity contribution >= 4 is 23.6 Å². The Morgan fingerprint density at radius 2 is 1.85 bits per heavy atom. The van der Waals surface area contributed by atoms with E-state index in [1.54, 1.807) is 12.1 Å². The van der Waals surface area contributed by atoms with Gasteiger partial charge in [0, 0.05) is 6.08 Å². The molecule has 1 N–H and O–H groups in total. The molecule has 2 aromatic carbocycles. The number of rotatable bonds is 8. The number of hydrogen-bond acceptors (Lipinski definition) is 4. The predicted molar refractivity (Wildman–Crippen MR) is 102 cm³/mol. The molecule has 0 fully saturated rings. The van der Waals surface area contributed by atoms with Gasteiger partial charge in [-0.05, 0) is 54.8 Å². The second kappa shape index (κ2) is 9.15. The zero-order valence-corrected chi connectivity index (χ0v) is 15.7. The fourth-order valence-electron chi connectivity index (χ4n) is 2.30. The number of halogens is 1. The minimum Gasteiger partial charge on any atom is -0.493 e. The molecule has 0 bridgehead atoms. The highest BCUT2D eigenvalue weighted by Crippen LogP contribution is 2.36. The van der Waals surface area contributed by atoms with Crippen molar-refractivity contribution in [2.45, 2.75) is 13.8 Å². The van der Waals surface area contributed by atoms with Gasteiger partial charge in [-0.2, -0.15) is 0 Å². The van der Waals surface area contributed by atoms with Crippen LogP contribution in [0.5, 0.6) is 17.2 Å². The van der Waals surface area contributed by atoms with Crippen LogP contribution in [0.2, 0.25) is 5.02 Å². The molecule has 0 saturated heterocycles. The average Bonchev–Trinajstić information content (AvgIpc) is 2.60. The number of carbonyl (C=O) groups is 1. The summed E-state index contributed by atoms with van der Waals surface area (Å²) in [5.74, 6) is 0.602. The summed E-state index contributed by atoms with van der Waals surface area (Å²) < 4.78 is 16.8. The molecule has 6 heteroatoms. The maximum absolute atomic E-state index is 10.6. The molecule has 2 aromatic rings. The summed E-state index contributed by atoms with van der Waals surface area (Å²) >= 11 is 6.24. The topological polar surface area (TPSA) is 65.0 Å². The van der Waals surface area contributed by atoms with Crippen molar-refractivity contribution in [1.82, 2.24) is 0 Å². The number of aryl methyl sites for hydroxylation is 2. The molecule has 0 aliphatic carbocycles. The molecule has 0 atom stereocenters. The first-order valence-electron chi connectivity index (χ1n) is 8.02. The smallest absolute Gasteiger partial charge is 0.328 e. The summed E-state index contributed by atoms with van der Waals surface area (Å²) in [7, 11) is 1.50. The normalized spacial score (nSPS) is 10.8. The fraction of sp³-hybridized carbons (Fsp3) is 0.250. The monoisotopic (exact) mass is 376 g/mol. The molecular weight excluding hydrogens is 356 g/mol. The van der Waals surface area contributed by atoms with E-state index < -0.39 is 5.97 Å². The Kier molecular flexibility index (Phi) is 6.92. The number of aliphatic carboxylic acids is 1. The molecule has 0 aliphatic heterocycles. The summed E-state index contributed by atoms with van der Waals surface area (Å²) in [5.41, 5.74) is 2.79. The second-order valence-corrected chi connectivity index (χ2v) is 6.08. The summed E-state index contributed by atoms with van der Waals surface area (Å²) in [6, 6.07) is 9.29. The lowest BCUT2D eigenvalue weighted by atomic mass is 10.1. The largest absolute Gasteiger partial charge is 0.493 e. The van der Waals surface area contributed by atoms with Crippen molar-refractivity contribution in [2.24, 2.45) is 0 Å². The highest BCUT2D eigenvalue weighted by Gasteiger charge is 2.12. The standard InChI is InChI=1S/C20H21ClO5/c1-13-4-5-14(2)17(10-13)25-8-9-26-20-16(21)11-15(6-7-19(22)23)12-18(20)24-3/h4-7,10-12H,8-9H2,1-3H3,(H,22,23). The minimum absolute atomic E-state index is 0.285. The Morgan fingerprint density at radius 1 is 1.12 bits per heavy atom. The molecule has 0 saturated carbocycles. The molecule has 26 heavy (non-hydrogen) atoms. The molecule has 5 nitrogen and oxygen atoms in total. The van der Waals surface area contributed by atoms with E-state index in [0.717, 1.165) is 23.0 Å². The first-order valence-corrected chi connectivity index (χ1v) is 8.40. The average molecular weight is 377 g/mol. The molecule has 0 spiro atoms. The highest BCUT2D eigenvalue weighted by atomic mass is 35.5. The van der Waals surface area contributed by atoms with Crippen LogP contribution in [0.3, 0.4) is 0 Å². The van der Waals surface area contributed by atoms with Gasteiger partial charge < -0.3 is 19.3 Å². The predicted octanol–water partition coefficient (Wildman–Crippen LogP) is 4.52. The summed E-state index contributed by atoms with van der Waals surface area (Å²) in [5, 5.41) is 9.04. The van der Waals surface area contributed by atoms with Gasteiger partial charge in [0.1, 0.15) is 19.0 Å². The van der Waals surface area contributed by atoms with Crippen LogP contribution in [0.15, 0.2) is 36.4 Å². The molecule has 0 radical (unpaired) electrons. The van der Waals surface area contributed by atoms with E-state index in [4.69, 9.17) is 30.9 Å². The molecule has 0 aromatic heterocycles. The van der Waals surface area contributed by atoms with Gasteiger partial charge in [0.25, 0.3) is 0 Å². The van der Waals surface area contributed by atoms with E-state index in [2.05, 4.69) is 0 Å². The van der Waals surface area contributed by atoms with Gasteiger partial charge in [-0.25, -0.2) is 4.79 Å². The number of methoxy groups -OCH3 is 1. The zero-order valence-electron chi connectivity index (χ0n) is 14.9. The summed E-state index contributed by atoms with van der Waals surface area (Å²) in [4.78, 5) is 10.6. The molecule has 0 aliphatic rings. The van der Waals surface area contributed by atoms with E-state index >= 15 is 0 Å². The van der Waals surface area contributed by atoms with Crippen molar-refractivity contribution in [3.8, 4) is 17.2 Å². The third-order valence-electron chi connectivity index (χ3n) is 3.60. The van der Waals surface area contributed by atoms with Gasteiger partial charge in [0.15, 0.2) is 11.5 Å². The van der Waals surface area contributed by atoms with Crippen molar-refractivity contribution in [1.29, 1.82) is 0 Å². The Morgan fingerprint density at radius 3 is 2.54 bits per heavy atom. The first-order chi connectivity index (χ1) is 12.4. The van der Waals surface area contributed by atoms with Gasteiger partial charge in [-0.1, -0.05) is 23.7 Å². The number of carboxylic acids is 1. The van der Waals surface area contributed by atoms with Crippen LogP contribution in [-0.2, 0) is 4.79 Å². The minimum atomic E-state index is -1.04. The lowest BCUT2D eigenvalue weighted by Crippen LogP contribution is -2.10. The van der Waals surface area contributed by atoms with Crippen molar-refractivity contribution in [3.63, 3.8) is 0 Å². The third kappa shape index (κ3) is 5.43. The van der Waals surface area contributed by atoms with Crippen LogP contribution >= 0.6 is 11.6 Å². The third-order valence-corrected chi connectivity index (χ3v) is 3.88. The molecule has 0 amide bonds. The summed E-state index contributed by atoms with van der Waals surface area (Å²) in [6.45, 7) is 4.63.